The van der Waals surface area contributed by atoms with E-state index in [4.69, 9.17) is 41.7 Å². The summed E-state index contributed by atoms with van der Waals surface area (Å²) in [4.78, 5) is 53.1. The fraction of sp³-hybridized carbons (Fsp3) is 0.359. The third-order valence-electron chi connectivity index (χ3n) is 8.95. The average Bonchev–Trinajstić information content (AvgIpc) is 3.63. The van der Waals surface area contributed by atoms with E-state index in [1.54, 1.807) is 85.2 Å². The van der Waals surface area contributed by atoms with Crippen molar-refractivity contribution in [3.8, 4) is 11.5 Å². The first kappa shape index (κ1) is 45.6. The molecule has 1 aliphatic rings. The molecule has 1 aliphatic heterocycles. The molecule has 1 amide bonds. The molecule has 1 fully saturated rings. The molecule has 0 radical (unpaired) electrons. The largest absolute Gasteiger partial charge is 0.468 e. The molecule has 5 rings (SSSR count). The SMILES string of the molecule is COC(=O)[C@H](C)NP(=O)(Oc1ccccc1)N1CCC(NC(=O)c2nn(P(=O)(N[C@@H](C)C(=O)OC(C)C)Oc3ccccc3)cc2CC(=O)c2c(Cl)cccc2Cl)CC1. The summed E-state index contributed by atoms with van der Waals surface area (Å²) in [5.74, 6) is -2.13. The Hall–Kier alpha value is -4.53. The number of rotatable bonds is 18. The molecule has 4 atom stereocenters. The molecule has 0 bridgehead atoms. The molecular weight excluding hydrogens is 845 g/mol. The van der Waals surface area contributed by atoms with Crippen molar-refractivity contribution < 1.29 is 46.8 Å². The third-order valence-corrected chi connectivity index (χ3v) is 13.8. The average molecular weight is 892 g/mol. The first-order chi connectivity index (χ1) is 28.0. The van der Waals surface area contributed by atoms with Crippen molar-refractivity contribution in [2.24, 2.45) is 0 Å². The Kier molecular flexibility index (Phi) is 15.6. The van der Waals surface area contributed by atoms with Gasteiger partial charge in [0.15, 0.2) is 11.5 Å². The molecule has 0 spiro atoms. The monoisotopic (exact) mass is 890 g/mol. The van der Waals surface area contributed by atoms with Gasteiger partial charge in [-0.1, -0.05) is 65.7 Å². The van der Waals surface area contributed by atoms with Crippen molar-refractivity contribution in [2.75, 3.05) is 20.2 Å². The lowest BCUT2D eigenvalue weighted by Crippen LogP contribution is -2.47. The molecule has 2 heterocycles. The second kappa shape index (κ2) is 20.2. The van der Waals surface area contributed by atoms with Crippen LogP contribution in [0.3, 0.4) is 0 Å². The number of methoxy groups -OCH3 is 1. The maximum absolute atomic E-state index is 14.8. The fourth-order valence-electron chi connectivity index (χ4n) is 6.05. The van der Waals surface area contributed by atoms with Gasteiger partial charge in [0, 0.05) is 37.3 Å². The second-order valence-corrected chi connectivity index (χ2v) is 18.6. The van der Waals surface area contributed by atoms with Gasteiger partial charge in [0.1, 0.15) is 23.6 Å². The number of nitrogens with one attached hydrogen (secondary N) is 3. The van der Waals surface area contributed by atoms with Crippen LogP contribution in [0.25, 0.3) is 0 Å². The number of ketones is 1. The number of Topliss-reactive ketones (excluding diaryl/α,β-unsaturated/α-hetero) is 1. The number of hydrogen-bond acceptors (Lipinski definition) is 11. The number of benzene rings is 3. The molecule has 59 heavy (non-hydrogen) atoms. The van der Waals surface area contributed by atoms with Crippen molar-refractivity contribution in [3.63, 3.8) is 0 Å². The van der Waals surface area contributed by atoms with Gasteiger partial charge in [0.2, 0.25) is 0 Å². The predicted molar refractivity (Wildman–Crippen MR) is 222 cm³/mol. The summed E-state index contributed by atoms with van der Waals surface area (Å²) < 4.78 is 53.8. The molecule has 316 valence electrons. The van der Waals surface area contributed by atoms with Crippen LogP contribution >= 0.6 is 38.5 Å². The van der Waals surface area contributed by atoms with Crippen molar-refractivity contribution in [1.82, 2.24) is 29.7 Å². The number of piperidine rings is 1. The number of hydrogen-bond donors (Lipinski definition) is 3. The molecule has 1 aromatic heterocycles. The van der Waals surface area contributed by atoms with E-state index in [1.165, 1.54) is 39.3 Å². The van der Waals surface area contributed by atoms with Crippen LogP contribution in [0.2, 0.25) is 10.0 Å². The molecule has 3 N–H and O–H groups in total. The number of nitrogens with zero attached hydrogens (tertiary/aromatic N) is 3. The van der Waals surface area contributed by atoms with E-state index in [2.05, 4.69) is 20.6 Å². The van der Waals surface area contributed by atoms with Crippen LogP contribution in [-0.2, 0) is 34.6 Å². The highest BCUT2D eigenvalue weighted by atomic mass is 35.5. The zero-order valence-corrected chi connectivity index (χ0v) is 36.3. The highest BCUT2D eigenvalue weighted by Crippen LogP contribution is 2.49. The van der Waals surface area contributed by atoms with Gasteiger partial charge in [-0.25, -0.2) is 24.0 Å². The molecule has 4 aromatic rings. The Labute approximate surface area is 352 Å². The summed E-state index contributed by atoms with van der Waals surface area (Å²) >= 11 is 12.7. The van der Waals surface area contributed by atoms with Gasteiger partial charge in [0.05, 0.1) is 28.8 Å². The summed E-state index contributed by atoms with van der Waals surface area (Å²) in [6.45, 7) is 6.64. The van der Waals surface area contributed by atoms with Gasteiger partial charge in [-0.15, -0.1) is 0 Å². The van der Waals surface area contributed by atoms with Crippen LogP contribution in [-0.4, -0.2) is 82.3 Å². The Morgan fingerprint density at radius 2 is 1.31 bits per heavy atom. The summed E-state index contributed by atoms with van der Waals surface area (Å²) in [5, 5.41) is 13.1. The maximum atomic E-state index is 14.8. The Bertz CT molecular complexity index is 2200. The van der Waals surface area contributed by atoms with E-state index in [9.17, 15) is 28.3 Å². The van der Waals surface area contributed by atoms with Crippen LogP contribution in [0.4, 0.5) is 0 Å². The molecule has 3 aromatic carbocycles. The van der Waals surface area contributed by atoms with Crippen molar-refractivity contribution in [2.45, 2.75) is 71.2 Å². The standard InChI is InChI=1S/C39H46Cl2N6O10P2/c1-25(2)55-39(51)27(4)45-59(53,57-31-15-10-7-11-16-31)47-24-28(23-34(48)35-32(40)17-12-18-33(35)41)36(43-47)37(49)42-29-19-21-46(22-20-29)58(52,44-26(3)38(50)54-5)56-30-13-8-6-9-14-30/h6-18,24-27,29H,19-23H2,1-5H3,(H,42,49)(H,44,52)(H,45,53)/t26-,27-,58?,59?/m0/s1. The lowest BCUT2D eigenvalue weighted by Gasteiger charge is -2.37. The number of para-hydroxylation sites is 2. The Morgan fingerprint density at radius 3 is 1.85 bits per heavy atom. The van der Waals surface area contributed by atoms with E-state index in [0.717, 1.165) is 4.45 Å². The van der Waals surface area contributed by atoms with Crippen LogP contribution < -0.4 is 24.5 Å². The smallest absolute Gasteiger partial charge is 0.440 e. The highest BCUT2D eigenvalue weighted by molar-refractivity contribution is 7.55. The summed E-state index contributed by atoms with van der Waals surface area (Å²) in [7, 11) is -7.08. The van der Waals surface area contributed by atoms with E-state index in [-0.39, 0.29) is 45.7 Å². The van der Waals surface area contributed by atoms with Crippen molar-refractivity contribution in [3.05, 3.63) is 112 Å². The lowest BCUT2D eigenvalue weighted by molar-refractivity contribution is -0.149. The maximum Gasteiger partial charge on any atom is 0.440 e. The van der Waals surface area contributed by atoms with Crippen LogP contribution in [0.15, 0.2) is 85.1 Å². The van der Waals surface area contributed by atoms with Gasteiger partial charge >= 0.3 is 27.3 Å². The van der Waals surface area contributed by atoms with E-state index >= 15 is 0 Å². The molecule has 20 heteroatoms. The number of esters is 2. The van der Waals surface area contributed by atoms with E-state index in [0.29, 0.717) is 18.6 Å². The minimum absolute atomic E-state index is 0.0199. The topological polar surface area (TPSA) is 196 Å². The summed E-state index contributed by atoms with van der Waals surface area (Å²) in [5.41, 5.74) is -0.183. The number of amides is 1. The fourth-order valence-corrected chi connectivity index (χ4v) is 10.5. The Balaban J connectivity index is 1.44. The van der Waals surface area contributed by atoms with E-state index in [1.807, 2.05) is 0 Å². The Morgan fingerprint density at radius 1 is 0.780 bits per heavy atom. The van der Waals surface area contributed by atoms with Gasteiger partial charge in [-0.05, 0) is 76.9 Å². The first-order valence-electron chi connectivity index (χ1n) is 18.7. The summed E-state index contributed by atoms with van der Waals surface area (Å²) in [6, 6.07) is 18.6. The molecule has 0 aliphatic carbocycles. The normalized spacial score (nSPS) is 16.5. The lowest BCUT2D eigenvalue weighted by atomic mass is 10.0. The molecule has 2 unspecified atom stereocenters. The van der Waals surface area contributed by atoms with Gasteiger partial charge < -0.3 is 23.8 Å². The molecule has 1 saturated heterocycles. The molecule has 16 nitrogen and oxygen atoms in total. The van der Waals surface area contributed by atoms with Crippen LogP contribution in [0.1, 0.15) is 66.9 Å². The second-order valence-electron chi connectivity index (χ2n) is 13.9. The van der Waals surface area contributed by atoms with Gasteiger partial charge in [0.25, 0.3) is 5.91 Å². The van der Waals surface area contributed by atoms with Crippen LogP contribution in [0.5, 0.6) is 11.5 Å². The number of aromatic nitrogens is 2. The zero-order chi connectivity index (χ0) is 42.9. The number of carbonyl (C=O) groups is 4. The van der Waals surface area contributed by atoms with E-state index < -0.39 is 69.6 Å². The third kappa shape index (κ3) is 11.8. The first-order valence-corrected chi connectivity index (χ1v) is 22.6. The number of ether oxygens (including phenoxy) is 2. The van der Waals surface area contributed by atoms with Gasteiger partial charge in [-0.2, -0.15) is 9.55 Å². The zero-order valence-electron chi connectivity index (χ0n) is 33.0. The van der Waals surface area contributed by atoms with Crippen molar-refractivity contribution >= 4 is 62.2 Å². The quantitative estimate of drug-likeness (QED) is 0.0519. The van der Waals surface area contributed by atoms with Crippen molar-refractivity contribution in [1.29, 1.82) is 0 Å². The molecule has 0 saturated carbocycles. The predicted octanol–water partition coefficient (Wildman–Crippen LogP) is 7.11. The number of halogens is 2. The minimum Gasteiger partial charge on any atom is -0.468 e. The van der Waals surface area contributed by atoms with Gasteiger partial charge in [-0.3, -0.25) is 19.2 Å². The molecular formula is C39H46Cl2N6O10P2. The summed E-state index contributed by atoms with van der Waals surface area (Å²) in [6.07, 6.45) is 0.913. The minimum atomic E-state index is -4.43. The van der Waals surface area contributed by atoms with Crippen LogP contribution in [0, 0.1) is 0 Å². The highest BCUT2D eigenvalue weighted by Gasteiger charge is 2.40. The number of carbonyl (C=O) groups excluding carboxylic acids is 4.